The molecule has 0 spiro atoms. The number of piperidine rings is 2. The smallest absolute Gasteiger partial charge is 0.390 e. The van der Waals surface area contributed by atoms with E-state index in [9.17, 15) is 23.1 Å². The van der Waals surface area contributed by atoms with Crippen molar-refractivity contribution in [1.82, 2.24) is 25.1 Å². The second-order valence-electron chi connectivity index (χ2n) is 10.3. The van der Waals surface area contributed by atoms with Crippen LogP contribution in [0.1, 0.15) is 45.1 Å². The van der Waals surface area contributed by atoms with Gasteiger partial charge in [0.2, 0.25) is 11.9 Å². The number of carbonyl (C=O) groups is 1. The summed E-state index contributed by atoms with van der Waals surface area (Å²) in [6.07, 6.45) is 0.00175. The molecule has 1 amide bonds. The molecule has 37 heavy (non-hydrogen) atoms. The Kier molecular flexibility index (Phi) is 6.47. The summed E-state index contributed by atoms with van der Waals surface area (Å²) in [6.45, 7) is 5.51. The fourth-order valence-electron chi connectivity index (χ4n) is 5.07. The lowest BCUT2D eigenvalue weighted by Gasteiger charge is -2.38. The fraction of sp³-hybridized carbons (Fsp3) is 0.520. The molecule has 5 rings (SSSR count). The number of nitrogens with one attached hydrogen (secondary N) is 2. The summed E-state index contributed by atoms with van der Waals surface area (Å²) < 4.78 is 41.5. The first kappa shape index (κ1) is 25.2. The molecule has 1 atom stereocenters. The summed E-state index contributed by atoms with van der Waals surface area (Å²) in [4.78, 5) is 23.8. The number of nitrogens with zero attached hydrogens (tertiary/aromatic N) is 5. The molecule has 0 bridgehead atoms. The lowest BCUT2D eigenvalue weighted by molar-refractivity contribution is -0.137. The molecule has 4 heterocycles. The predicted molar refractivity (Wildman–Crippen MR) is 133 cm³/mol. The Morgan fingerprint density at radius 3 is 2.57 bits per heavy atom. The van der Waals surface area contributed by atoms with E-state index < -0.39 is 23.4 Å². The number of aliphatic hydroxyl groups is 1. The van der Waals surface area contributed by atoms with Crippen molar-refractivity contribution >= 4 is 28.7 Å². The number of rotatable bonds is 5. The minimum atomic E-state index is -4.50. The van der Waals surface area contributed by atoms with Crippen molar-refractivity contribution in [3.63, 3.8) is 0 Å². The fourth-order valence-corrected chi connectivity index (χ4v) is 5.07. The molecular weight excluding hydrogens is 487 g/mol. The van der Waals surface area contributed by atoms with Gasteiger partial charge in [0.1, 0.15) is 11.9 Å². The van der Waals surface area contributed by atoms with Gasteiger partial charge in [-0.05, 0) is 63.6 Å². The van der Waals surface area contributed by atoms with Gasteiger partial charge in [-0.2, -0.15) is 28.2 Å². The number of aromatic nitrogens is 4. The van der Waals surface area contributed by atoms with E-state index in [1.165, 1.54) is 10.7 Å². The lowest BCUT2D eigenvalue weighted by atomic mass is 9.83. The minimum Gasteiger partial charge on any atom is -0.390 e. The summed E-state index contributed by atoms with van der Waals surface area (Å²) in [5, 5.41) is 21.4. The zero-order valence-electron chi connectivity index (χ0n) is 20.7. The number of halogens is 3. The van der Waals surface area contributed by atoms with Crippen molar-refractivity contribution in [2.45, 2.75) is 57.3 Å². The molecular formula is C25H30F3N7O2. The SMILES string of the molecule is CC(C)(O)C1CCN(c2nc(N[C@@H]3CCCNC3=O)nc3c2cnn3-c2cccc(C(F)(F)F)c2)CC1. The Bertz CT molecular complexity index is 1290. The zero-order chi connectivity index (χ0) is 26.4. The van der Waals surface area contributed by atoms with Crippen LogP contribution in [0.5, 0.6) is 0 Å². The number of alkyl halides is 3. The van der Waals surface area contributed by atoms with Crippen LogP contribution in [0.15, 0.2) is 30.5 Å². The van der Waals surface area contributed by atoms with Crippen LogP contribution in [0.25, 0.3) is 16.7 Å². The van der Waals surface area contributed by atoms with E-state index >= 15 is 0 Å². The first-order chi connectivity index (χ1) is 17.5. The summed E-state index contributed by atoms with van der Waals surface area (Å²) in [5.74, 6) is 0.797. The maximum absolute atomic E-state index is 13.4. The van der Waals surface area contributed by atoms with Crippen LogP contribution in [0.2, 0.25) is 0 Å². The van der Waals surface area contributed by atoms with E-state index in [0.717, 1.165) is 31.4 Å². The van der Waals surface area contributed by atoms with Crippen LogP contribution in [0.4, 0.5) is 24.9 Å². The standard InChI is InChI=1S/C25H30F3N7O2/c1-24(2,37)15-8-11-34(12-9-15)20-18-14-30-35(17-6-3-5-16(13-17)25(26,27)28)21(18)33-23(32-20)31-19-7-4-10-29-22(19)36/h3,5-6,13-15,19,37H,4,7-12H2,1-2H3,(H,29,36)(H,31,32,33)/t19-/m1/s1. The third-order valence-electron chi connectivity index (χ3n) is 7.21. The summed E-state index contributed by atoms with van der Waals surface area (Å²) in [5.41, 5.74) is -1.01. The van der Waals surface area contributed by atoms with Crippen molar-refractivity contribution in [2.24, 2.45) is 5.92 Å². The van der Waals surface area contributed by atoms with Crippen LogP contribution in [-0.2, 0) is 11.0 Å². The van der Waals surface area contributed by atoms with Crippen LogP contribution in [0, 0.1) is 5.92 Å². The third-order valence-corrected chi connectivity index (χ3v) is 7.21. The molecule has 1 aromatic carbocycles. The van der Waals surface area contributed by atoms with E-state index in [-0.39, 0.29) is 23.5 Å². The number of fused-ring (bicyclic) bond motifs is 1. The topological polar surface area (TPSA) is 108 Å². The Morgan fingerprint density at radius 2 is 1.89 bits per heavy atom. The molecule has 3 aromatic rings. The monoisotopic (exact) mass is 517 g/mol. The Balaban J connectivity index is 1.56. The first-order valence-electron chi connectivity index (χ1n) is 12.5. The molecule has 2 saturated heterocycles. The van der Waals surface area contributed by atoms with Crippen molar-refractivity contribution in [3.05, 3.63) is 36.0 Å². The number of benzene rings is 1. The first-order valence-corrected chi connectivity index (χ1v) is 12.5. The van der Waals surface area contributed by atoms with E-state index in [1.54, 1.807) is 12.3 Å². The summed E-state index contributed by atoms with van der Waals surface area (Å²) in [7, 11) is 0. The van der Waals surface area contributed by atoms with Gasteiger partial charge in [-0.25, -0.2) is 4.68 Å². The quantitative estimate of drug-likeness (QED) is 0.475. The molecule has 198 valence electrons. The van der Waals surface area contributed by atoms with Gasteiger partial charge >= 0.3 is 6.18 Å². The van der Waals surface area contributed by atoms with Crippen LogP contribution < -0.4 is 15.5 Å². The van der Waals surface area contributed by atoms with Crippen molar-refractivity contribution in [3.8, 4) is 5.69 Å². The Labute approximate surface area is 212 Å². The highest BCUT2D eigenvalue weighted by Gasteiger charge is 2.33. The van der Waals surface area contributed by atoms with E-state index in [1.807, 2.05) is 13.8 Å². The second-order valence-corrected chi connectivity index (χ2v) is 10.3. The molecule has 0 aliphatic carbocycles. The predicted octanol–water partition coefficient (Wildman–Crippen LogP) is 3.51. The highest BCUT2D eigenvalue weighted by molar-refractivity contribution is 5.90. The molecule has 12 heteroatoms. The largest absolute Gasteiger partial charge is 0.416 e. The normalized spacial score (nSPS) is 19.8. The third kappa shape index (κ3) is 5.20. The average Bonchev–Trinajstić information content (AvgIpc) is 3.28. The Hall–Kier alpha value is -3.41. The highest BCUT2D eigenvalue weighted by Crippen LogP contribution is 2.35. The number of anilines is 2. The molecule has 9 nitrogen and oxygen atoms in total. The summed E-state index contributed by atoms with van der Waals surface area (Å²) in [6, 6.07) is 4.41. The number of hydrogen-bond acceptors (Lipinski definition) is 7. The lowest BCUT2D eigenvalue weighted by Crippen LogP contribution is -2.45. The summed E-state index contributed by atoms with van der Waals surface area (Å²) >= 11 is 0. The van der Waals surface area contributed by atoms with E-state index in [4.69, 9.17) is 4.98 Å². The number of carbonyl (C=O) groups excluding carboxylic acids is 1. The van der Waals surface area contributed by atoms with Gasteiger partial charge in [-0.3, -0.25) is 4.79 Å². The minimum absolute atomic E-state index is 0.137. The maximum Gasteiger partial charge on any atom is 0.416 e. The molecule has 3 N–H and O–H groups in total. The van der Waals surface area contributed by atoms with Crippen LogP contribution in [0.3, 0.4) is 0 Å². The van der Waals surface area contributed by atoms with E-state index in [2.05, 4.69) is 25.6 Å². The van der Waals surface area contributed by atoms with Crippen LogP contribution in [-0.4, -0.2) is 62.0 Å². The van der Waals surface area contributed by atoms with Crippen LogP contribution >= 0.6 is 0 Å². The van der Waals surface area contributed by atoms with Crippen molar-refractivity contribution < 1.29 is 23.1 Å². The molecule has 2 aliphatic rings. The van der Waals surface area contributed by atoms with Gasteiger partial charge in [-0.1, -0.05) is 6.07 Å². The van der Waals surface area contributed by atoms with Gasteiger partial charge in [0.05, 0.1) is 28.4 Å². The highest BCUT2D eigenvalue weighted by atomic mass is 19.4. The van der Waals surface area contributed by atoms with Gasteiger partial charge in [0.15, 0.2) is 5.65 Å². The Morgan fingerprint density at radius 1 is 1.14 bits per heavy atom. The van der Waals surface area contributed by atoms with Gasteiger partial charge in [-0.15, -0.1) is 0 Å². The molecule has 0 radical (unpaired) electrons. The molecule has 2 fully saturated rings. The second kappa shape index (κ2) is 9.47. The number of amides is 1. The molecule has 2 aromatic heterocycles. The van der Waals surface area contributed by atoms with Crippen molar-refractivity contribution in [2.75, 3.05) is 29.9 Å². The number of hydrogen-bond donors (Lipinski definition) is 3. The molecule has 0 saturated carbocycles. The molecule has 0 unspecified atom stereocenters. The maximum atomic E-state index is 13.4. The zero-order valence-corrected chi connectivity index (χ0v) is 20.7. The van der Waals surface area contributed by atoms with E-state index in [0.29, 0.717) is 42.9 Å². The van der Waals surface area contributed by atoms with Crippen molar-refractivity contribution in [1.29, 1.82) is 0 Å². The molecule has 2 aliphatic heterocycles. The van der Waals surface area contributed by atoms with Gasteiger partial charge in [0, 0.05) is 19.6 Å². The average molecular weight is 518 g/mol. The van der Waals surface area contributed by atoms with Gasteiger partial charge in [0.25, 0.3) is 0 Å². The van der Waals surface area contributed by atoms with Gasteiger partial charge < -0.3 is 20.6 Å².